The molecule has 1 heterocycles. The van der Waals surface area contributed by atoms with Gasteiger partial charge in [-0.2, -0.15) is 0 Å². The van der Waals surface area contributed by atoms with E-state index in [-0.39, 0.29) is 12.1 Å². The minimum Gasteiger partial charge on any atom is -0.454 e. The van der Waals surface area contributed by atoms with Crippen molar-refractivity contribution in [2.45, 2.75) is 19.4 Å². The Bertz CT molecular complexity index is 1100. The van der Waals surface area contributed by atoms with E-state index in [1.807, 2.05) is 24.3 Å². The number of para-hydroxylation sites is 1. The summed E-state index contributed by atoms with van der Waals surface area (Å²) >= 11 is 0. The molecule has 3 aromatic rings. The number of hydrogen-bond donors (Lipinski definition) is 3. The Morgan fingerprint density at radius 1 is 1.13 bits per heavy atom. The van der Waals surface area contributed by atoms with E-state index >= 15 is 0 Å². The largest absolute Gasteiger partial charge is 0.454 e. The zero-order valence-electron chi connectivity index (χ0n) is 16.0. The normalized spacial score (nSPS) is 11.7. The van der Waals surface area contributed by atoms with Crippen molar-refractivity contribution in [2.24, 2.45) is 0 Å². The van der Waals surface area contributed by atoms with Gasteiger partial charge in [0, 0.05) is 36.5 Å². The number of H-pyrrole nitrogens is 1. The van der Waals surface area contributed by atoms with E-state index in [9.17, 15) is 23.2 Å². The van der Waals surface area contributed by atoms with E-state index in [2.05, 4.69) is 15.6 Å². The van der Waals surface area contributed by atoms with Crippen LogP contribution in [0.4, 0.5) is 14.5 Å². The van der Waals surface area contributed by atoms with E-state index in [1.165, 1.54) is 6.92 Å². The van der Waals surface area contributed by atoms with E-state index in [0.29, 0.717) is 6.07 Å². The molecule has 1 aromatic heterocycles. The summed E-state index contributed by atoms with van der Waals surface area (Å²) in [4.78, 5) is 39.0. The molecule has 0 spiro atoms. The molecule has 0 aliphatic heterocycles. The number of carbonyl (C=O) groups is 3. The molecule has 3 N–H and O–H groups in total. The highest BCUT2D eigenvalue weighted by Gasteiger charge is 2.24. The maximum absolute atomic E-state index is 13.6. The molecule has 0 saturated carbocycles. The van der Waals surface area contributed by atoms with Gasteiger partial charge in [0.05, 0.1) is 5.69 Å². The second kappa shape index (κ2) is 9.17. The van der Waals surface area contributed by atoms with Crippen molar-refractivity contribution in [3.05, 3.63) is 65.9 Å². The Morgan fingerprint density at radius 2 is 1.90 bits per heavy atom. The van der Waals surface area contributed by atoms with Crippen LogP contribution in [0.15, 0.2) is 48.7 Å². The van der Waals surface area contributed by atoms with Crippen LogP contribution in [0.5, 0.6) is 0 Å². The van der Waals surface area contributed by atoms with E-state index in [0.717, 1.165) is 28.6 Å². The number of hydrogen-bond acceptors (Lipinski definition) is 4. The van der Waals surface area contributed by atoms with Crippen LogP contribution in [0.25, 0.3) is 10.9 Å². The van der Waals surface area contributed by atoms with E-state index in [1.54, 1.807) is 6.20 Å². The Balaban J connectivity index is 1.63. The van der Waals surface area contributed by atoms with Crippen LogP contribution in [0.2, 0.25) is 0 Å². The zero-order chi connectivity index (χ0) is 21.7. The van der Waals surface area contributed by atoms with Gasteiger partial charge in [-0.15, -0.1) is 0 Å². The van der Waals surface area contributed by atoms with Crippen molar-refractivity contribution in [1.82, 2.24) is 10.3 Å². The lowest BCUT2D eigenvalue weighted by atomic mass is 10.0. The molecule has 0 aliphatic carbocycles. The lowest BCUT2D eigenvalue weighted by molar-refractivity contribution is -0.150. The van der Waals surface area contributed by atoms with E-state index < -0.39 is 42.1 Å². The highest BCUT2D eigenvalue weighted by molar-refractivity contribution is 5.94. The average Bonchev–Trinajstić information content (AvgIpc) is 3.10. The molecule has 0 saturated heterocycles. The van der Waals surface area contributed by atoms with Crippen molar-refractivity contribution < 1.29 is 27.9 Å². The number of halogens is 2. The highest BCUT2D eigenvalue weighted by Crippen LogP contribution is 2.19. The summed E-state index contributed by atoms with van der Waals surface area (Å²) in [6, 6.07) is 9.12. The minimum absolute atomic E-state index is 0.149. The molecule has 3 rings (SSSR count). The average molecular weight is 415 g/mol. The number of rotatable bonds is 7. The summed E-state index contributed by atoms with van der Waals surface area (Å²) in [6.07, 6.45) is 1.88. The molecule has 1 atom stereocenters. The number of amides is 2. The van der Waals surface area contributed by atoms with Gasteiger partial charge in [0.2, 0.25) is 5.91 Å². The monoisotopic (exact) mass is 415 g/mol. The predicted octanol–water partition coefficient (Wildman–Crippen LogP) is 2.68. The molecule has 2 amide bonds. The molecule has 0 radical (unpaired) electrons. The van der Waals surface area contributed by atoms with Gasteiger partial charge < -0.3 is 20.4 Å². The molecule has 0 aliphatic rings. The first-order valence-corrected chi connectivity index (χ1v) is 9.07. The molecule has 0 unspecified atom stereocenters. The lowest BCUT2D eigenvalue weighted by Gasteiger charge is -2.16. The van der Waals surface area contributed by atoms with Crippen molar-refractivity contribution in [1.29, 1.82) is 0 Å². The van der Waals surface area contributed by atoms with Crippen LogP contribution in [0, 0.1) is 11.6 Å². The van der Waals surface area contributed by atoms with Crippen molar-refractivity contribution in [3.8, 4) is 0 Å². The smallest absolute Gasteiger partial charge is 0.329 e. The summed E-state index contributed by atoms with van der Waals surface area (Å²) < 4.78 is 31.5. The summed E-state index contributed by atoms with van der Waals surface area (Å²) in [5.41, 5.74) is 1.43. The Kier molecular flexibility index (Phi) is 6.41. The lowest BCUT2D eigenvalue weighted by Crippen LogP contribution is -2.43. The van der Waals surface area contributed by atoms with Gasteiger partial charge in [-0.25, -0.2) is 13.6 Å². The number of anilines is 1. The van der Waals surface area contributed by atoms with Crippen molar-refractivity contribution in [3.63, 3.8) is 0 Å². The van der Waals surface area contributed by atoms with E-state index in [4.69, 9.17) is 4.74 Å². The third kappa shape index (κ3) is 5.19. The van der Waals surface area contributed by atoms with Gasteiger partial charge in [-0.1, -0.05) is 18.2 Å². The molecule has 9 heteroatoms. The van der Waals surface area contributed by atoms with Gasteiger partial charge >= 0.3 is 5.97 Å². The molecule has 7 nitrogen and oxygen atoms in total. The SMILES string of the molecule is CC(=O)N[C@@H](Cc1c[nH]c2ccccc12)C(=O)OCC(=O)Nc1ccc(F)cc1F. The predicted molar refractivity (Wildman–Crippen MR) is 106 cm³/mol. The number of benzene rings is 2. The van der Waals surface area contributed by atoms with Crippen LogP contribution in [0.3, 0.4) is 0 Å². The maximum Gasteiger partial charge on any atom is 0.329 e. The van der Waals surface area contributed by atoms with Gasteiger partial charge in [0.1, 0.15) is 17.7 Å². The summed E-state index contributed by atoms with van der Waals surface area (Å²) in [6.45, 7) is 0.569. The number of esters is 1. The van der Waals surface area contributed by atoms with Gasteiger partial charge in [-0.05, 0) is 23.8 Å². The van der Waals surface area contributed by atoms with Gasteiger partial charge in [0.15, 0.2) is 6.61 Å². The number of ether oxygens (including phenoxy) is 1. The van der Waals surface area contributed by atoms with Crippen molar-refractivity contribution in [2.75, 3.05) is 11.9 Å². The fourth-order valence-electron chi connectivity index (χ4n) is 2.97. The molecular weight excluding hydrogens is 396 g/mol. The Hall–Kier alpha value is -3.75. The number of nitrogens with one attached hydrogen (secondary N) is 3. The molecule has 2 aromatic carbocycles. The van der Waals surface area contributed by atoms with Crippen LogP contribution < -0.4 is 10.6 Å². The number of fused-ring (bicyclic) bond motifs is 1. The number of aromatic nitrogens is 1. The quantitative estimate of drug-likeness (QED) is 0.517. The first-order valence-electron chi connectivity index (χ1n) is 9.07. The van der Waals surface area contributed by atoms with Crippen LogP contribution in [-0.2, 0) is 25.5 Å². The molecule has 0 fully saturated rings. The molecule has 156 valence electrons. The highest BCUT2D eigenvalue weighted by atomic mass is 19.1. The summed E-state index contributed by atoms with van der Waals surface area (Å²) in [7, 11) is 0. The number of aromatic amines is 1. The fraction of sp³-hybridized carbons (Fsp3) is 0.190. The standard InChI is InChI=1S/C21H19F2N3O4/c1-12(27)25-19(8-13-10-24-17-5-3-2-4-15(13)17)21(29)30-11-20(28)26-18-7-6-14(22)9-16(18)23/h2-7,9-10,19,24H,8,11H2,1H3,(H,25,27)(H,26,28)/t19-/m0/s1. The van der Waals surface area contributed by atoms with Crippen LogP contribution in [-0.4, -0.2) is 35.4 Å². The second-order valence-corrected chi connectivity index (χ2v) is 6.60. The summed E-state index contributed by atoms with van der Waals surface area (Å²) in [5.74, 6) is -3.79. The second-order valence-electron chi connectivity index (χ2n) is 6.60. The van der Waals surface area contributed by atoms with Gasteiger partial charge in [0.25, 0.3) is 5.91 Å². The minimum atomic E-state index is -1.02. The fourth-order valence-corrected chi connectivity index (χ4v) is 2.97. The molecule has 0 bridgehead atoms. The topological polar surface area (TPSA) is 100 Å². The first-order chi connectivity index (χ1) is 14.3. The summed E-state index contributed by atoms with van der Waals surface area (Å²) in [5, 5.41) is 5.60. The maximum atomic E-state index is 13.6. The van der Waals surface area contributed by atoms with Crippen molar-refractivity contribution >= 4 is 34.4 Å². The molecular formula is C21H19F2N3O4. The first kappa shape index (κ1) is 21.0. The Morgan fingerprint density at radius 3 is 2.63 bits per heavy atom. The zero-order valence-corrected chi connectivity index (χ0v) is 16.0. The third-order valence-corrected chi connectivity index (χ3v) is 4.31. The number of carbonyl (C=O) groups excluding carboxylic acids is 3. The van der Waals surface area contributed by atoms with Crippen LogP contribution >= 0.6 is 0 Å². The van der Waals surface area contributed by atoms with Crippen LogP contribution in [0.1, 0.15) is 12.5 Å². The Labute approximate surface area is 170 Å². The molecule has 30 heavy (non-hydrogen) atoms. The third-order valence-electron chi connectivity index (χ3n) is 4.31. The van der Waals surface area contributed by atoms with Gasteiger partial charge in [-0.3, -0.25) is 9.59 Å².